The molecule has 0 saturated carbocycles. The molecule has 1 aromatic rings. The largest absolute Gasteiger partial charge is 0.305 e. The molecule has 0 spiro atoms. The van der Waals surface area contributed by atoms with Crippen LogP contribution >= 0.6 is 0 Å². The molecule has 0 atom stereocenters. The van der Waals surface area contributed by atoms with Crippen LogP contribution in [0.3, 0.4) is 0 Å². The van der Waals surface area contributed by atoms with Gasteiger partial charge in [0.1, 0.15) is 0 Å². The van der Waals surface area contributed by atoms with E-state index in [0.717, 1.165) is 5.69 Å². The minimum atomic E-state index is 0.650. The molecule has 1 aromatic heterocycles. The number of hydrogen-bond acceptors (Lipinski definition) is 3. The number of hydroxylamine groups is 1. The molecule has 0 aliphatic carbocycles. The van der Waals surface area contributed by atoms with E-state index in [1.165, 1.54) is 0 Å². The van der Waals surface area contributed by atoms with E-state index >= 15 is 0 Å². The highest BCUT2D eigenvalue weighted by Crippen LogP contribution is 1.90. The van der Waals surface area contributed by atoms with Crippen LogP contribution in [0.2, 0.25) is 0 Å². The van der Waals surface area contributed by atoms with E-state index in [2.05, 4.69) is 15.3 Å². The van der Waals surface area contributed by atoms with E-state index in [0.29, 0.717) is 6.54 Å². The molecule has 10 heavy (non-hydrogen) atoms. The molecular weight excluding hydrogens is 128 g/mol. The van der Waals surface area contributed by atoms with E-state index in [4.69, 9.17) is 0 Å². The van der Waals surface area contributed by atoms with Gasteiger partial charge in [-0.25, -0.2) is 0 Å². The zero-order valence-corrected chi connectivity index (χ0v) is 5.87. The van der Waals surface area contributed by atoms with Crippen molar-refractivity contribution >= 4 is 0 Å². The zero-order chi connectivity index (χ0) is 7.23. The minimum absolute atomic E-state index is 0.650. The van der Waals surface area contributed by atoms with Crippen molar-refractivity contribution in [1.29, 1.82) is 0 Å². The van der Waals surface area contributed by atoms with E-state index in [-0.39, 0.29) is 0 Å². The predicted molar refractivity (Wildman–Crippen MR) is 38.1 cm³/mol. The first kappa shape index (κ1) is 7.18. The van der Waals surface area contributed by atoms with Crippen LogP contribution in [0, 0.1) is 0 Å². The Balaban J connectivity index is 2.43. The van der Waals surface area contributed by atoms with Crippen molar-refractivity contribution in [3.8, 4) is 0 Å². The van der Waals surface area contributed by atoms with Gasteiger partial charge in [-0.3, -0.25) is 4.98 Å². The van der Waals surface area contributed by atoms with Gasteiger partial charge in [0.15, 0.2) is 0 Å². The Morgan fingerprint density at radius 3 is 3.10 bits per heavy atom. The molecule has 3 nitrogen and oxygen atoms in total. The Morgan fingerprint density at radius 2 is 2.50 bits per heavy atom. The Hall–Kier alpha value is -0.930. The number of nitrogens with zero attached hydrogens (tertiary/aromatic N) is 1. The van der Waals surface area contributed by atoms with Crippen LogP contribution in [-0.4, -0.2) is 12.1 Å². The first-order valence-electron chi connectivity index (χ1n) is 3.09. The standard InChI is InChI=1S/C7H10N2O/c1-10-9-6-7-4-2-3-5-8-7/h2-5,9H,6H2,1H3. The van der Waals surface area contributed by atoms with Crippen molar-refractivity contribution in [3.05, 3.63) is 30.1 Å². The molecule has 54 valence electrons. The average molecular weight is 138 g/mol. The van der Waals surface area contributed by atoms with Crippen LogP contribution in [0.1, 0.15) is 5.69 Å². The summed E-state index contributed by atoms with van der Waals surface area (Å²) in [7, 11) is 1.59. The number of hydrogen-bond donors (Lipinski definition) is 1. The normalized spacial score (nSPS) is 9.70. The summed E-state index contributed by atoms with van der Waals surface area (Å²) in [6, 6.07) is 5.77. The first-order valence-corrected chi connectivity index (χ1v) is 3.09. The van der Waals surface area contributed by atoms with E-state index in [1.54, 1.807) is 13.3 Å². The number of rotatable bonds is 3. The van der Waals surface area contributed by atoms with Crippen LogP contribution in [0.5, 0.6) is 0 Å². The van der Waals surface area contributed by atoms with Gasteiger partial charge in [0.2, 0.25) is 0 Å². The van der Waals surface area contributed by atoms with Gasteiger partial charge >= 0.3 is 0 Å². The molecule has 0 unspecified atom stereocenters. The van der Waals surface area contributed by atoms with E-state index in [9.17, 15) is 0 Å². The third-order valence-corrected chi connectivity index (χ3v) is 1.12. The molecule has 1 heterocycles. The van der Waals surface area contributed by atoms with Crippen LogP contribution < -0.4 is 5.48 Å². The van der Waals surface area contributed by atoms with Gasteiger partial charge < -0.3 is 4.84 Å². The molecule has 0 bridgehead atoms. The van der Waals surface area contributed by atoms with E-state index in [1.807, 2.05) is 18.2 Å². The molecule has 0 amide bonds. The van der Waals surface area contributed by atoms with Gasteiger partial charge in [-0.15, -0.1) is 0 Å². The summed E-state index contributed by atoms with van der Waals surface area (Å²) in [6.07, 6.45) is 1.76. The smallest absolute Gasteiger partial charge is 0.0633 e. The molecule has 0 radical (unpaired) electrons. The first-order chi connectivity index (χ1) is 4.93. The van der Waals surface area contributed by atoms with Crippen LogP contribution in [0.4, 0.5) is 0 Å². The van der Waals surface area contributed by atoms with Crippen molar-refractivity contribution in [2.45, 2.75) is 6.54 Å². The van der Waals surface area contributed by atoms with Crippen LogP contribution in [0.25, 0.3) is 0 Å². The van der Waals surface area contributed by atoms with Crippen molar-refractivity contribution in [2.24, 2.45) is 0 Å². The lowest BCUT2D eigenvalue weighted by Gasteiger charge is -1.98. The lowest BCUT2D eigenvalue weighted by molar-refractivity contribution is 0.0858. The molecular formula is C7H10N2O. The lowest BCUT2D eigenvalue weighted by atomic mass is 10.4. The third kappa shape index (κ3) is 2.13. The SMILES string of the molecule is CONCc1ccccn1. The molecule has 0 aliphatic heterocycles. The molecule has 0 aromatic carbocycles. The van der Waals surface area contributed by atoms with Crippen molar-refractivity contribution < 1.29 is 4.84 Å². The molecule has 0 fully saturated rings. The van der Waals surface area contributed by atoms with E-state index < -0.39 is 0 Å². The van der Waals surface area contributed by atoms with Gasteiger partial charge in [0.25, 0.3) is 0 Å². The molecule has 3 heteroatoms. The summed E-state index contributed by atoms with van der Waals surface area (Å²) in [5.74, 6) is 0. The maximum Gasteiger partial charge on any atom is 0.0633 e. The Kier molecular flexibility index (Phi) is 2.86. The number of aromatic nitrogens is 1. The Morgan fingerprint density at radius 1 is 1.60 bits per heavy atom. The maximum absolute atomic E-state index is 4.66. The predicted octanol–water partition coefficient (Wildman–Crippen LogP) is 0.733. The molecule has 1 N–H and O–H groups in total. The topological polar surface area (TPSA) is 34.1 Å². The molecule has 0 aliphatic rings. The second-order valence-corrected chi connectivity index (χ2v) is 1.85. The summed E-state index contributed by atoms with van der Waals surface area (Å²) in [6.45, 7) is 0.650. The second-order valence-electron chi connectivity index (χ2n) is 1.85. The van der Waals surface area contributed by atoms with Gasteiger partial charge in [-0.2, -0.15) is 5.48 Å². The zero-order valence-electron chi connectivity index (χ0n) is 5.87. The van der Waals surface area contributed by atoms with Crippen molar-refractivity contribution in [2.75, 3.05) is 7.11 Å². The second kappa shape index (κ2) is 3.98. The van der Waals surface area contributed by atoms with Crippen LogP contribution in [0.15, 0.2) is 24.4 Å². The van der Waals surface area contributed by atoms with Gasteiger partial charge in [-0.1, -0.05) is 6.07 Å². The molecule has 1 rings (SSSR count). The monoisotopic (exact) mass is 138 g/mol. The quantitative estimate of drug-likeness (QED) is 0.625. The number of nitrogens with one attached hydrogen (secondary N) is 1. The van der Waals surface area contributed by atoms with Crippen molar-refractivity contribution in [1.82, 2.24) is 10.5 Å². The Bertz CT molecular complexity index is 176. The minimum Gasteiger partial charge on any atom is -0.305 e. The summed E-state index contributed by atoms with van der Waals surface area (Å²) < 4.78 is 0. The van der Waals surface area contributed by atoms with Gasteiger partial charge in [-0.05, 0) is 12.1 Å². The highest BCUT2D eigenvalue weighted by Gasteiger charge is 1.88. The van der Waals surface area contributed by atoms with Gasteiger partial charge in [0.05, 0.1) is 19.3 Å². The fourth-order valence-electron chi connectivity index (χ4n) is 0.649. The highest BCUT2D eigenvalue weighted by molar-refractivity contribution is 5.02. The summed E-state index contributed by atoms with van der Waals surface area (Å²) in [5.41, 5.74) is 3.68. The van der Waals surface area contributed by atoms with Crippen LogP contribution in [-0.2, 0) is 11.4 Å². The lowest BCUT2D eigenvalue weighted by Crippen LogP contribution is -2.11. The van der Waals surface area contributed by atoms with Gasteiger partial charge in [0, 0.05) is 6.20 Å². The highest BCUT2D eigenvalue weighted by atomic mass is 16.6. The average Bonchev–Trinajstić information content (AvgIpc) is 2.03. The summed E-state index contributed by atoms with van der Waals surface area (Å²) in [4.78, 5) is 8.73. The summed E-state index contributed by atoms with van der Waals surface area (Å²) >= 11 is 0. The Labute approximate surface area is 60.0 Å². The third-order valence-electron chi connectivity index (χ3n) is 1.12. The summed E-state index contributed by atoms with van der Waals surface area (Å²) in [5, 5.41) is 0. The maximum atomic E-state index is 4.66. The van der Waals surface area contributed by atoms with Crippen molar-refractivity contribution in [3.63, 3.8) is 0 Å². The number of pyridine rings is 1. The fraction of sp³-hybridized carbons (Fsp3) is 0.286. The molecule has 0 saturated heterocycles. The fourth-order valence-corrected chi connectivity index (χ4v) is 0.649.